The summed E-state index contributed by atoms with van der Waals surface area (Å²) in [6.07, 6.45) is 5.98. The van der Waals surface area contributed by atoms with Gasteiger partial charge in [-0.25, -0.2) is 4.98 Å². The molecule has 4 rings (SSSR count). The van der Waals surface area contributed by atoms with E-state index in [1.54, 1.807) is 0 Å². The van der Waals surface area contributed by atoms with E-state index in [1.807, 2.05) is 6.07 Å². The number of amides is 1. The van der Waals surface area contributed by atoms with Gasteiger partial charge in [0.2, 0.25) is 5.91 Å². The molecule has 0 bridgehead atoms. The number of aromatic nitrogens is 2. The lowest BCUT2D eigenvalue weighted by Gasteiger charge is -2.27. The maximum absolute atomic E-state index is 13.0. The molecule has 2 aromatic rings. The molecule has 1 amide bonds. The molecule has 2 heterocycles. The topological polar surface area (TPSA) is 64.2 Å². The van der Waals surface area contributed by atoms with Crippen LogP contribution in [-0.4, -0.2) is 32.9 Å². The lowest BCUT2D eigenvalue weighted by molar-refractivity contribution is -0.133. The summed E-state index contributed by atoms with van der Waals surface area (Å²) < 4.78 is 2.27. The lowest BCUT2D eigenvalue weighted by Crippen LogP contribution is -2.35. The Morgan fingerprint density at radius 3 is 2.84 bits per heavy atom. The van der Waals surface area contributed by atoms with Gasteiger partial charge in [0.25, 0.3) is 0 Å². The molecule has 5 nitrogen and oxygen atoms in total. The van der Waals surface area contributed by atoms with E-state index in [9.17, 15) is 4.79 Å². The van der Waals surface area contributed by atoms with Crippen molar-refractivity contribution in [2.45, 2.75) is 64.1 Å². The summed E-state index contributed by atoms with van der Waals surface area (Å²) in [5, 5.41) is 0. The Hall–Kier alpha value is -1.88. The van der Waals surface area contributed by atoms with E-state index in [1.165, 1.54) is 0 Å². The highest BCUT2D eigenvalue weighted by Crippen LogP contribution is 2.35. The molecule has 1 aliphatic heterocycles. The average Bonchev–Trinajstić information content (AvgIpc) is 3.32. The predicted molar refractivity (Wildman–Crippen MR) is 99.0 cm³/mol. The molecule has 1 saturated carbocycles. The van der Waals surface area contributed by atoms with E-state index in [-0.39, 0.29) is 18.0 Å². The van der Waals surface area contributed by atoms with E-state index in [2.05, 4.69) is 34.6 Å². The van der Waals surface area contributed by atoms with Gasteiger partial charge >= 0.3 is 0 Å². The van der Waals surface area contributed by atoms with Crippen LogP contribution >= 0.6 is 0 Å². The van der Waals surface area contributed by atoms with Gasteiger partial charge in [0.05, 0.1) is 17.1 Å². The summed E-state index contributed by atoms with van der Waals surface area (Å²) in [7, 11) is 0. The van der Waals surface area contributed by atoms with Gasteiger partial charge in [0.15, 0.2) is 0 Å². The molecule has 0 spiro atoms. The van der Waals surface area contributed by atoms with Crippen LogP contribution in [0, 0.1) is 5.92 Å². The number of hydrogen-bond donors (Lipinski definition) is 1. The Kier molecular flexibility index (Phi) is 4.50. The number of hydrogen-bond acceptors (Lipinski definition) is 3. The Morgan fingerprint density at radius 1 is 1.24 bits per heavy atom. The van der Waals surface area contributed by atoms with Crippen molar-refractivity contribution >= 4 is 16.9 Å². The minimum Gasteiger partial charge on any atom is -0.332 e. The maximum atomic E-state index is 13.0. The highest BCUT2D eigenvalue weighted by Gasteiger charge is 2.35. The number of fused-ring (bicyclic) bond motifs is 1. The fourth-order valence-corrected chi connectivity index (χ4v) is 4.68. The number of nitrogens with zero attached hydrogens (tertiary/aromatic N) is 3. The third-order valence-electron chi connectivity index (χ3n) is 6.03. The first kappa shape index (κ1) is 16.6. The lowest BCUT2D eigenvalue weighted by atomic mass is 9.99. The summed E-state index contributed by atoms with van der Waals surface area (Å²) in [5.41, 5.74) is 8.37. The van der Waals surface area contributed by atoms with Gasteiger partial charge in [0, 0.05) is 25.6 Å². The molecule has 1 saturated heterocycles. The van der Waals surface area contributed by atoms with Gasteiger partial charge in [-0.15, -0.1) is 0 Å². The molecule has 2 N–H and O–H groups in total. The van der Waals surface area contributed by atoms with Crippen molar-refractivity contribution in [3.8, 4) is 0 Å². The largest absolute Gasteiger partial charge is 0.332 e. The molecular formula is C20H28N4O. The van der Waals surface area contributed by atoms with Crippen LogP contribution in [0.3, 0.4) is 0 Å². The predicted octanol–water partition coefficient (Wildman–Crippen LogP) is 3.24. The fourth-order valence-electron chi connectivity index (χ4n) is 4.68. The van der Waals surface area contributed by atoms with Crippen molar-refractivity contribution < 1.29 is 4.79 Å². The number of benzene rings is 1. The SMILES string of the molecule is CCn1c(C2CCCN2C(=O)C[C@@H]2CCC[C@H]2N)nc2ccccc21. The highest BCUT2D eigenvalue weighted by atomic mass is 16.2. The number of nitrogens with two attached hydrogens (primary N) is 1. The number of imidazole rings is 1. The second-order valence-electron chi connectivity index (χ2n) is 7.51. The Labute approximate surface area is 149 Å². The smallest absolute Gasteiger partial charge is 0.223 e. The first-order valence-corrected chi connectivity index (χ1v) is 9.69. The van der Waals surface area contributed by atoms with Crippen LogP contribution in [0.5, 0.6) is 0 Å². The molecule has 5 heteroatoms. The third-order valence-corrected chi connectivity index (χ3v) is 6.03. The minimum absolute atomic E-state index is 0.109. The standard InChI is InChI=1S/C20H28N4O/c1-2-23-17-10-4-3-9-16(17)22-20(23)18-11-6-12-24(18)19(25)13-14-7-5-8-15(14)21/h3-4,9-10,14-15,18H,2,5-8,11-13,21H2,1H3/t14-,15+,18?/m0/s1. The molecule has 0 radical (unpaired) electrons. The summed E-state index contributed by atoms with van der Waals surface area (Å²) >= 11 is 0. The van der Waals surface area contributed by atoms with Gasteiger partial charge in [-0.2, -0.15) is 0 Å². The Bertz CT molecular complexity index is 768. The van der Waals surface area contributed by atoms with Crippen LogP contribution in [-0.2, 0) is 11.3 Å². The number of carbonyl (C=O) groups is 1. The number of para-hydroxylation sites is 2. The molecule has 1 aliphatic carbocycles. The zero-order chi connectivity index (χ0) is 17.4. The van der Waals surface area contributed by atoms with Gasteiger partial charge in [0.1, 0.15) is 5.82 Å². The first-order valence-electron chi connectivity index (χ1n) is 9.69. The van der Waals surface area contributed by atoms with Gasteiger partial charge < -0.3 is 15.2 Å². The highest BCUT2D eigenvalue weighted by molar-refractivity contribution is 5.78. The van der Waals surface area contributed by atoms with Crippen LogP contribution in [0.1, 0.15) is 57.3 Å². The van der Waals surface area contributed by atoms with Crippen LogP contribution in [0.25, 0.3) is 11.0 Å². The van der Waals surface area contributed by atoms with Crippen molar-refractivity contribution in [2.75, 3.05) is 6.54 Å². The quantitative estimate of drug-likeness (QED) is 0.929. The first-order chi connectivity index (χ1) is 12.2. The maximum Gasteiger partial charge on any atom is 0.223 e. The second-order valence-corrected chi connectivity index (χ2v) is 7.51. The second kappa shape index (κ2) is 6.79. The number of carbonyl (C=O) groups excluding carboxylic acids is 1. The monoisotopic (exact) mass is 340 g/mol. The molecule has 1 aromatic heterocycles. The van der Waals surface area contributed by atoms with Crippen LogP contribution in [0.4, 0.5) is 0 Å². The average molecular weight is 340 g/mol. The molecule has 1 unspecified atom stereocenters. The Balaban J connectivity index is 1.60. The van der Waals surface area contributed by atoms with E-state index < -0.39 is 0 Å². The molecule has 2 aliphatic rings. The zero-order valence-electron chi connectivity index (χ0n) is 15.0. The zero-order valence-corrected chi connectivity index (χ0v) is 15.0. The number of likely N-dealkylation sites (tertiary alicyclic amines) is 1. The normalized spacial score (nSPS) is 26.6. The van der Waals surface area contributed by atoms with Crippen molar-refractivity contribution in [3.05, 3.63) is 30.1 Å². The molecular weight excluding hydrogens is 312 g/mol. The summed E-state index contributed by atoms with van der Waals surface area (Å²) in [6, 6.07) is 8.57. The summed E-state index contributed by atoms with van der Waals surface area (Å²) in [6.45, 7) is 3.87. The number of rotatable bonds is 4. The van der Waals surface area contributed by atoms with Crippen LogP contribution in [0.2, 0.25) is 0 Å². The van der Waals surface area contributed by atoms with E-state index in [0.29, 0.717) is 12.3 Å². The van der Waals surface area contributed by atoms with Crippen LogP contribution < -0.4 is 5.73 Å². The van der Waals surface area contributed by atoms with Crippen molar-refractivity contribution in [2.24, 2.45) is 11.7 Å². The molecule has 2 fully saturated rings. The van der Waals surface area contributed by atoms with Crippen molar-refractivity contribution in [1.82, 2.24) is 14.5 Å². The van der Waals surface area contributed by atoms with Crippen molar-refractivity contribution in [3.63, 3.8) is 0 Å². The van der Waals surface area contributed by atoms with Gasteiger partial charge in [-0.05, 0) is 50.7 Å². The fraction of sp³-hybridized carbons (Fsp3) is 0.600. The van der Waals surface area contributed by atoms with Crippen LogP contribution in [0.15, 0.2) is 24.3 Å². The van der Waals surface area contributed by atoms with Gasteiger partial charge in [-0.1, -0.05) is 18.6 Å². The van der Waals surface area contributed by atoms with E-state index in [0.717, 1.165) is 62.1 Å². The molecule has 25 heavy (non-hydrogen) atoms. The molecule has 134 valence electrons. The summed E-state index contributed by atoms with van der Waals surface area (Å²) in [5.74, 6) is 1.67. The molecule has 1 aromatic carbocycles. The summed E-state index contributed by atoms with van der Waals surface area (Å²) in [4.78, 5) is 19.9. The Morgan fingerprint density at radius 2 is 2.08 bits per heavy atom. The minimum atomic E-state index is 0.109. The van der Waals surface area contributed by atoms with E-state index in [4.69, 9.17) is 10.7 Å². The third kappa shape index (κ3) is 2.95. The van der Waals surface area contributed by atoms with E-state index >= 15 is 0 Å². The van der Waals surface area contributed by atoms with Gasteiger partial charge in [-0.3, -0.25) is 4.79 Å². The van der Waals surface area contributed by atoms with Crippen molar-refractivity contribution in [1.29, 1.82) is 0 Å². The number of aryl methyl sites for hydroxylation is 1. The molecule has 3 atom stereocenters.